The molecule has 2 aliphatic rings. The van der Waals surface area contributed by atoms with Gasteiger partial charge in [-0.15, -0.1) is 0 Å². The summed E-state index contributed by atoms with van der Waals surface area (Å²) in [6.45, 7) is 0. The van der Waals surface area contributed by atoms with E-state index in [2.05, 4.69) is 236 Å². The molecule has 0 radical (unpaired) electrons. The molecule has 0 saturated carbocycles. The quantitative estimate of drug-likeness (QED) is 0.188. The molecule has 4 aromatic heterocycles. The lowest BCUT2D eigenvalue weighted by molar-refractivity contribution is 0.747. The molecule has 318 valence electrons. The number of hydrogen-bond donors (Lipinski definition) is 1. The Morgan fingerprint density at radius 3 is 1.41 bits per heavy atom. The average Bonchev–Trinajstić information content (AvgIpc) is 4.14. The lowest BCUT2D eigenvalue weighted by Gasteiger charge is -2.28. The van der Waals surface area contributed by atoms with E-state index in [1.165, 1.54) is 38.0 Å². The fraction of sp³-hybridized carbons (Fsp3) is 0.0167. The molecule has 1 atom stereocenters. The molecule has 2 aliphatic heterocycles. The Morgan fingerprint density at radius 2 is 0.809 bits per heavy atom. The molecule has 0 amide bonds. The van der Waals surface area contributed by atoms with Crippen molar-refractivity contribution in [3.05, 3.63) is 218 Å². The SMILES string of the molecule is C1=NC2NC(n3c4ccccc4c4c3ccc3c5ccccc5n(-c5ccccc5)c34)=C(c3ccccc3)N=C2N=C1n1c2ccccc2c2ccc3c4ccccc4n(-c4ccccc4)c3c21. The van der Waals surface area contributed by atoms with Crippen molar-refractivity contribution >= 4 is 117 Å². The number of nitrogens with zero attached hydrogens (tertiary/aromatic N) is 7. The topological polar surface area (TPSA) is 68.8 Å². The smallest absolute Gasteiger partial charge is 0.180 e. The minimum atomic E-state index is -0.541. The zero-order valence-corrected chi connectivity index (χ0v) is 36.5. The molecule has 8 nitrogen and oxygen atoms in total. The van der Waals surface area contributed by atoms with Crippen LogP contribution < -0.4 is 5.32 Å². The van der Waals surface area contributed by atoms with Crippen LogP contribution >= 0.6 is 0 Å². The van der Waals surface area contributed by atoms with Crippen LogP contribution in [0.1, 0.15) is 5.56 Å². The van der Waals surface area contributed by atoms with Gasteiger partial charge in [-0.1, -0.05) is 158 Å². The molecule has 1 unspecified atom stereocenters. The summed E-state index contributed by atoms with van der Waals surface area (Å²) < 4.78 is 9.46. The van der Waals surface area contributed by atoms with E-state index in [0.717, 1.165) is 77.7 Å². The van der Waals surface area contributed by atoms with E-state index in [-0.39, 0.29) is 0 Å². The van der Waals surface area contributed by atoms with Crippen LogP contribution in [0.2, 0.25) is 0 Å². The maximum absolute atomic E-state index is 5.56. The van der Waals surface area contributed by atoms with E-state index in [1.54, 1.807) is 0 Å². The number of fused-ring (bicyclic) bond motifs is 15. The average molecular weight is 871 g/mol. The fourth-order valence-corrected chi connectivity index (χ4v) is 11.2. The van der Waals surface area contributed by atoms with Crippen LogP contribution in [0.15, 0.2) is 227 Å². The van der Waals surface area contributed by atoms with Gasteiger partial charge in [0.2, 0.25) is 0 Å². The number of benzene rings is 9. The molecule has 0 aliphatic carbocycles. The van der Waals surface area contributed by atoms with E-state index < -0.39 is 6.17 Å². The van der Waals surface area contributed by atoms with E-state index in [0.29, 0.717) is 11.7 Å². The Kier molecular flexibility index (Phi) is 7.68. The molecule has 13 aromatic rings. The highest BCUT2D eigenvalue weighted by atomic mass is 15.3. The number of para-hydroxylation sites is 6. The van der Waals surface area contributed by atoms with E-state index in [1.807, 2.05) is 6.21 Å². The Morgan fingerprint density at radius 1 is 0.353 bits per heavy atom. The number of hydrogen-bond acceptors (Lipinski definition) is 4. The molecule has 0 bridgehead atoms. The van der Waals surface area contributed by atoms with Crippen LogP contribution in [-0.4, -0.2) is 42.3 Å². The fourth-order valence-electron chi connectivity index (χ4n) is 11.2. The van der Waals surface area contributed by atoms with Gasteiger partial charge in [0.1, 0.15) is 11.5 Å². The predicted molar refractivity (Wildman–Crippen MR) is 283 cm³/mol. The summed E-state index contributed by atoms with van der Waals surface area (Å²) in [4.78, 5) is 16.4. The molecule has 0 fully saturated rings. The zero-order chi connectivity index (χ0) is 44.5. The molecule has 0 saturated heterocycles. The molecule has 15 rings (SSSR count). The summed E-state index contributed by atoms with van der Waals surface area (Å²) >= 11 is 0. The molecular weight excluding hydrogens is 833 g/mol. The van der Waals surface area contributed by atoms with Crippen LogP contribution in [0.3, 0.4) is 0 Å². The maximum Gasteiger partial charge on any atom is 0.180 e. The second-order valence-electron chi connectivity index (χ2n) is 17.6. The third kappa shape index (κ3) is 5.11. The van der Waals surface area contributed by atoms with E-state index >= 15 is 0 Å². The van der Waals surface area contributed by atoms with Gasteiger partial charge in [0.25, 0.3) is 0 Å². The number of aliphatic imine (C=N–C) groups is 3. The van der Waals surface area contributed by atoms with Crippen molar-refractivity contribution in [1.82, 2.24) is 23.6 Å². The molecule has 6 heterocycles. The first-order chi connectivity index (χ1) is 33.8. The van der Waals surface area contributed by atoms with Crippen LogP contribution in [0.5, 0.6) is 0 Å². The van der Waals surface area contributed by atoms with Crippen molar-refractivity contribution in [2.45, 2.75) is 6.17 Å². The maximum atomic E-state index is 5.56. The van der Waals surface area contributed by atoms with Crippen LogP contribution in [0.4, 0.5) is 0 Å². The summed E-state index contributed by atoms with van der Waals surface area (Å²) in [5, 5.41) is 13.3. The summed E-state index contributed by atoms with van der Waals surface area (Å²) in [7, 11) is 0. The zero-order valence-electron chi connectivity index (χ0n) is 36.5. The summed E-state index contributed by atoms with van der Waals surface area (Å²) in [6.07, 6.45) is 1.39. The summed E-state index contributed by atoms with van der Waals surface area (Å²) in [5.41, 5.74) is 12.8. The van der Waals surface area contributed by atoms with Crippen LogP contribution in [0, 0.1) is 0 Å². The van der Waals surface area contributed by atoms with Crippen molar-refractivity contribution in [1.29, 1.82) is 0 Å². The molecule has 68 heavy (non-hydrogen) atoms. The van der Waals surface area contributed by atoms with Gasteiger partial charge in [-0.25, -0.2) is 9.98 Å². The van der Waals surface area contributed by atoms with Gasteiger partial charge < -0.3 is 14.5 Å². The molecule has 8 heteroatoms. The highest BCUT2D eigenvalue weighted by Crippen LogP contribution is 2.44. The second kappa shape index (κ2) is 14.1. The second-order valence-corrected chi connectivity index (χ2v) is 17.6. The molecule has 1 N–H and O–H groups in total. The third-order valence-electron chi connectivity index (χ3n) is 14.0. The molecule has 0 spiro atoms. The van der Waals surface area contributed by atoms with Crippen molar-refractivity contribution in [2.75, 3.05) is 0 Å². The van der Waals surface area contributed by atoms with Gasteiger partial charge in [0.15, 0.2) is 17.8 Å². The Labute approximate surface area is 389 Å². The van der Waals surface area contributed by atoms with Crippen LogP contribution in [0.25, 0.3) is 110 Å². The van der Waals surface area contributed by atoms with Gasteiger partial charge in [0, 0.05) is 60.0 Å². The summed E-state index contributed by atoms with van der Waals surface area (Å²) in [5.74, 6) is 2.15. The lowest BCUT2D eigenvalue weighted by Crippen LogP contribution is -2.41. The lowest BCUT2D eigenvalue weighted by atomic mass is 10.1. The number of aromatic nitrogens is 4. The van der Waals surface area contributed by atoms with Crippen molar-refractivity contribution < 1.29 is 0 Å². The van der Waals surface area contributed by atoms with Crippen molar-refractivity contribution in [3.8, 4) is 11.4 Å². The highest BCUT2D eigenvalue weighted by molar-refractivity contribution is 6.40. The first-order valence-electron chi connectivity index (χ1n) is 23.1. The first-order valence-corrected chi connectivity index (χ1v) is 23.1. The number of amidine groups is 1. The normalized spacial score (nSPS) is 15.1. The van der Waals surface area contributed by atoms with E-state index in [4.69, 9.17) is 15.0 Å². The Hall–Kier alpha value is -9.27. The van der Waals surface area contributed by atoms with Gasteiger partial charge in [-0.05, 0) is 54.6 Å². The van der Waals surface area contributed by atoms with Gasteiger partial charge >= 0.3 is 0 Å². The van der Waals surface area contributed by atoms with Gasteiger partial charge in [-0.3, -0.25) is 14.1 Å². The molecular formula is C60H38N8. The minimum absolute atomic E-state index is 0.541. The van der Waals surface area contributed by atoms with Crippen molar-refractivity contribution in [2.24, 2.45) is 15.0 Å². The Balaban J connectivity index is 1.00. The highest BCUT2D eigenvalue weighted by Gasteiger charge is 2.32. The van der Waals surface area contributed by atoms with Gasteiger partial charge in [0.05, 0.1) is 50.3 Å². The monoisotopic (exact) mass is 870 g/mol. The molecule has 9 aromatic carbocycles. The number of rotatable bonds is 4. The van der Waals surface area contributed by atoms with Gasteiger partial charge in [-0.2, -0.15) is 0 Å². The van der Waals surface area contributed by atoms with Crippen LogP contribution in [-0.2, 0) is 0 Å². The standard InChI is InChI=1S/C60H38N8/c1-4-18-37(19-5-1)54-60(67-50-31-17-13-27-46(50)53-51(67)35-34-43-40-24-10-14-28-47(40)65(55(43)53)38-20-6-2-7-21-38)64-58-59(63-54)62-52(36-61-58)68-49-30-16-12-26-42(49)45-33-32-44-41-25-11-15-29-48(41)66(56(44)57(45)68)39-22-8-3-9-23-39/h1-36,58,64H. The first kappa shape index (κ1) is 37.0. The third-order valence-corrected chi connectivity index (χ3v) is 14.0. The van der Waals surface area contributed by atoms with E-state index in [9.17, 15) is 0 Å². The largest absolute Gasteiger partial charge is 0.342 e. The Bertz CT molecular complexity index is 4390. The number of nitrogens with one attached hydrogen (secondary N) is 1. The van der Waals surface area contributed by atoms with Crippen molar-refractivity contribution in [3.63, 3.8) is 0 Å². The predicted octanol–water partition coefficient (Wildman–Crippen LogP) is 13.7. The summed E-state index contributed by atoms with van der Waals surface area (Å²) in [6, 6.07) is 75.6. The minimum Gasteiger partial charge on any atom is -0.342 e.